The second kappa shape index (κ2) is 7.51. The summed E-state index contributed by atoms with van der Waals surface area (Å²) in [6, 6.07) is 2.15. The van der Waals surface area contributed by atoms with Crippen LogP contribution in [0.5, 0.6) is 23.0 Å². The van der Waals surface area contributed by atoms with E-state index >= 15 is 0 Å². The van der Waals surface area contributed by atoms with E-state index in [4.69, 9.17) is 30.3 Å². The molecular weight excluding hydrogens is 211 g/mol. The number of phenols is 4. The summed E-state index contributed by atoms with van der Waals surface area (Å²) in [7, 11) is 0. The van der Waals surface area contributed by atoms with E-state index in [9.17, 15) is 0 Å². The largest absolute Gasteiger partial charge is 1.00 e. The molecule has 0 aliphatic rings. The van der Waals surface area contributed by atoms with Gasteiger partial charge in [0.2, 0.25) is 11.5 Å². The first kappa shape index (κ1) is 16.6. The van der Waals surface area contributed by atoms with Gasteiger partial charge in [0.25, 0.3) is 0 Å². The van der Waals surface area contributed by atoms with E-state index in [0.29, 0.717) is 0 Å². The normalized spacial score (nSPS) is 8.00. The molecule has 6 nitrogen and oxygen atoms in total. The molecule has 0 spiro atoms. The van der Waals surface area contributed by atoms with Crippen molar-refractivity contribution in [3.63, 3.8) is 0 Å². The Labute approximate surface area is 103 Å². The molecule has 0 saturated heterocycles. The summed E-state index contributed by atoms with van der Waals surface area (Å²) in [4.78, 5) is 9.14. The molecule has 1 aromatic carbocycles. The fourth-order valence-electron chi connectivity index (χ4n) is 0.558. The van der Waals surface area contributed by atoms with Crippen LogP contribution in [0.1, 0.15) is 0 Å². The summed E-state index contributed by atoms with van der Waals surface area (Å²) in [5, 5.41) is 44.0. The third kappa shape index (κ3) is 5.19. The van der Waals surface area contributed by atoms with E-state index in [0.717, 1.165) is 18.2 Å². The number of carboxylic acid groups (broad SMARTS) is 1. The van der Waals surface area contributed by atoms with Crippen molar-refractivity contribution in [2.24, 2.45) is 0 Å². The molecule has 1 rings (SSSR count). The van der Waals surface area contributed by atoms with Crippen LogP contribution in [-0.4, -0.2) is 26.4 Å². The van der Waals surface area contributed by atoms with Gasteiger partial charge in [-0.1, -0.05) is 6.58 Å². The minimum atomic E-state index is -1.23. The maximum atomic E-state index is 9.14. The van der Waals surface area contributed by atoms with Gasteiger partial charge in [0, 0.05) is 0 Å². The summed E-state index contributed by atoms with van der Waals surface area (Å²) >= 11 is 0. The van der Waals surface area contributed by atoms with Crippen LogP contribution in [0.2, 0.25) is 0 Å². The third-order valence-corrected chi connectivity index (χ3v) is 1.28. The molecule has 82 valence electrons. The van der Waals surface area contributed by atoms with Crippen LogP contribution in [-0.2, 0) is 4.79 Å². The molecule has 0 heterocycles. The molecular formula is C9H9LiO6. The average Bonchev–Trinajstić information content (AvgIpc) is 2.21. The first-order valence-electron chi connectivity index (χ1n) is 3.66. The number of aromatic hydroxyl groups is 4. The van der Waals surface area contributed by atoms with Crippen LogP contribution in [0, 0.1) is 0 Å². The van der Waals surface area contributed by atoms with E-state index in [1.807, 2.05) is 0 Å². The Kier molecular flexibility index (Phi) is 7.82. The molecule has 0 unspecified atom stereocenters. The molecule has 0 saturated carbocycles. The number of phenolic OH excluding ortho intramolecular Hbond substituents is 4. The molecule has 0 amide bonds. The molecule has 4 N–H and O–H groups in total. The van der Waals surface area contributed by atoms with Crippen molar-refractivity contribution in [2.75, 3.05) is 0 Å². The molecule has 0 radical (unpaired) electrons. The Morgan fingerprint density at radius 1 is 1.12 bits per heavy atom. The summed E-state index contributed by atoms with van der Waals surface area (Å²) in [5.41, 5.74) is 0. The number of hydrogen-bond donors (Lipinski definition) is 4. The summed E-state index contributed by atoms with van der Waals surface area (Å²) < 4.78 is 0. The van der Waals surface area contributed by atoms with Gasteiger partial charge in [-0.2, -0.15) is 0 Å². The molecule has 1 aromatic rings. The van der Waals surface area contributed by atoms with E-state index in [1.54, 1.807) is 0 Å². The number of carbonyl (C=O) groups is 1. The third-order valence-electron chi connectivity index (χ3n) is 1.28. The smallest absolute Gasteiger partial charge is 0.545 e. The summed E-state index contributed by atoms with van der Waals surface area (Å²) in [6.45, 7) is 2.90. The monoisotopic (exact) mass is 220 g/mol. The first-order chi connectivity index (χ1) is 6.90. The molecule has 7 heteroatoms. The Morgan fingerprint density at radius 2 is 1.38 bits per heavy atom. The van der Waals surface area contributed by atoms with Gasteiger partial charge in [0.15, 0.2) is 11.5 Å². The standard InChI is InChI=1S/C6H6O4.C3H4O2.Li/c7-3-1-2-4(8)6(10)5(3)9;1-2-3(4)5;/h1-2,7-10H;2H,1H2,(H,4,5);/q;;+1/p-1. The quantitative estimate of drug-likeness (QED) is 0.168. The van der Waals surface area contributed by atoms with Crippen molar-refractivity contribution in [3.8, 4) is 23.0 Å². The molecule has 0 aliphatic heterocycles. The predicted octanol–water partition coefficient (Wildman–Crippen LogP) is -3.56. The van der Waals surface area contributed by atoms with Gasteiger partial charge < -0.3 is 30.3 Å². The number of hydrogen-bond acceptors (Lipinski definition) is 6. The Balaban J connectivity index is 0. The zero-order valence-electron chi connectivity index (χ0n) is 8.54. The predicted molar refractivity (Wildman–Crippen MR) is 48.3 cm³/mol. The minimum absolute atomic E-state index is 0. The van der Waals surface area contributed by atoms with Crippen molar-refractivity contribution < 1.29 is 49.2 Å². The number of benzene rings is 1. The van der Waals surface area contributed by atoms with Crippen molar-refractivity contribution in [1.82, 2.24) is 0 Å². The number of aliphatic carboxylic acids is 1. The average molecular weight is 220 g/mol. The number of carboxylic acids is 1. The SMILES string of the molecule is C=CC(=O)[O-].Oc1ccc(O)c(O)c1O.[Li+]. The van der Waals surface area contributed by atoms with Crippen molar-refractivity contribution >= 4 is 5.97 Å². The molecule has 0 bridgehead atoms. The number of carbonyl (C=O) groups excluding carboxylic acids is 1. The van der Waals surface area contributed by atoms with Crippen LogP contribution >= 0.6 is 0 Å². The van der Waals surface area contributed by atoms with Crippen LogP contribution in [0.3, 0.4) is 0 Å². The van der Waals surface area contributed by atoms with Gasteiger partial charge in [0.05, 0.1) is 5.97 Å². The Bertz CT molecular complexity index is 350. The van der Waals surface area contributed by atoms with Crippen LogP contribution in [0.15, 0.2) is 24.8 Å². The maximum Gasteiger partial charge on any atom is 1.00 e. The van der Waals surface area contributed by atoms with Gasteiger partial charge in [-0.25, -0.2) is 0 Å². The van der Waals surface area contributed by atoms with Crippen molar-refractivity contribution in [3.05, 3.63) is 24.8 Å². The Morgan fingerprint density at radius 3 is 1.56 bits per heavy atom. The fraction of sp³-hybridized carbons (Fsp3) is 0. The van der Waals surface area contributed by atoms with Crippen LogP contribution < -0.4 is 24.0 Å². The molecule has 0 aromatic heterocycles. The van der Waals surface area contributed by atoms with Gasteiger partial charge in [-0.15, -0.1) is 0 Å². The summed E-state index contributed by atoms with van der Waals surface area (Å²) in [6.07, 6.45) is 0.722. The van der Waals surface area contributed by atoms with E-state index in [2.05, 4.69) is 6.58 Å². The van der Waals surface area contributed by atoms with E-state index in [1.165, 1.54) is 0 Å². The topological polar surface area (TPSA) is 121 Å². The zero-order chi connectivity index (χ0) is 12.0. The fourth-order valence-corrected chi connectivity index (χ4v) is 0.558. The van der Waals surface area contributed by atoms with Gasteiger partial charge >= 0.3 is 18.9 Å². The van der Waals surface area contributed by atoms with Gasteiger partial charge in [-0.3, -0.25) is 0 Å². The molecule has 16 heavy (non-hydrogen) atoms. The minimum Gasteiger partial charge on any atom is -0.545 e. The van der Waals surface area contributed by atoms with Crippen LogP contribution in [0.25, 0.3) is 0 Å². The van der Waals surface area contributed by atoms with Crippen molar-refractivity contribution in [1.29, 1.82) is 0 Å². The number of rotatable bonds is 1. The molecule has 0 atom stereocenters. The van der Waals surface area contributed by atoms with Crippen molar-refractivity contribution in [2.45, 2.75) is 0 Å². The summed E-state index contributed by atoms with van der Waals surface area (Å²) in [5.74, 6) is -3.57. The van der Waals surface area contributed by atoms with E-state index in [-0.39, 0.29) is 18.9 Å². The van der Waals surface area contributed by atoms with Gasteiger partial charge in [0.1, 0.15) is 0 Å². The van der Waals surface area contributed by atoms with Gasteiger partial charge in [-0.05, 0) is 18.2 Å². The molecule has 0 aliphatic carbocycles. The molecule has 0 fully saturated rings. The second-order valence-electron chi connectivity index (χ2n) is 2.32. The zero-order valence-corrected chi connectivity index (χ0v) is 8.54. The van der Waals surface area contributed by atoms with E-state index < -0.39 is 29.0 Å². The first-order valence-corrected chi connectivity index (χ1v) is 3.66. The van der Waals surface area contributed by atoms with Crippen LogP contribution in [0.4, 0.5) is 0 Å². The Hall–Kier alpha value is -1.77. The maximum absolute atomic E-state index is 9.14. The second-order valence-corrected chi connectivity index (χ2v) is 2.32.